The molecular formula is C11H7BrFNO3. The molecule has 0 aliphatic rings. The molecule has 1 aromatic carbocycles. The van der Waals surface area contributed by atoms with Crippen molar-refractivity contribution in [1.29, 1.82) is 0 Å². The van der Waals surface area contributed by atoms with E-state index in [1.165, 1.54) is 31.4 Å². The highest BCUT2D eigenvalue weighted by Gasteiger charge is 2.21. The third-order valence-corrected chi connectivity index (χ3v) is 2.43. The van der Waals surface area contributed by atoms with Gasteiger partial charge in [0.05, 0.1) is 7.11 Å². The Morgan fingerprint density at radius 2 is 2.06 bits per heavy atom. The molecule has 0 spiro atoms. The topological polar surface area (TPSA) is 52.3 Å². The van der Waals surface area contributed by atoms with Gasteiger partial charge in [-0.25, -0.2) is 9.18 Å². The van der Waals surface area contributed by atoms with Crippen molar-refractivity contribution in [2.24, 2.45) is 0 Å². The lowest BCUT2D eigenvalue weighted by molar-refractivity contribution is 0.0595. The zero-order valence-electron chi connectivity index (χ0n) is 8.74. The zero-order valence-corrected chi connectivity index (χ0v) is 10.3. The van der Waals surface area contributed by atoms with Crippen molar-refractivity contribution in [3.8, 4) is 11.3 Å². The number of benzene rings is 1. The molecule has 4 nitrogen and oxygen atoms in total. The summed E-state index contributed by atoms with van der Waals surface area (Å²) in [4.78, 5) is 15.5. The van der Waals surface area contributed by atoms with Gasteiger partial charge in [0.15, 0.2) is 11.5 Å². The fourth-order valence-electron chi connectivity index (χ4n) is 1.33. The van der Waals surface area contributed by atoms with E-state index in [0.29, 0.717) is 5.56 Å². The molecule has 0 atom stereocenters. The SMILES string of the molecule is COC(=O)c1nc(Br)oc1-c1ccc(F)cc1. The average molecular weight is 300 g/mol. The van der Waals surface area contributed by atoms with E-state index in [1.54, 1.807) is 0 Å². The van der Waals surface area contributed by atoms with Gasteiger partial charge in [0.2, 0.25) is 0 Å². The lowest BCUT2D eigenvalue weighted by Gasteiger charge is -1.99. The number of aromatic nitrogens is 1. The number of methoxy groups -OCH3 is 1. The van der Waals surface area contributed by atoms with Crippen molar-refractivity contribution in [2.75, 3.05) is 7.11 Å². The minimum atomic E-state index is -0.612. The van der Waals surface area contributed by atoms with Gasteiger partial charge < -0.3 is 9.15 Å². The molecule has 0 aliphatic carbocycles. The first-order valence-corrected chi connectivity index (χ1v) is 5.41. The van der Waals surface area contributed by atoms with E-state index >= 15 is 0 Å². The van der Waals surface area contributed by atoms with Crippen molar-refractivity contribution in [3.05, 3.63) is 40.6 Å². The molecule has 0 N–H and O–H groups in total. The van der Waals surface area contributed by atoms with Crippen LogP contribution >= 0.6 is 15.9 Å². The lowest BCUT2D eigenvalue weighted by atomic mass is 10.1. The molecule has 6 heteroatoms. The first-order chi connectivity index (χ1) is 8.11. The maximum atomic E-state index is 12.8. The third kappa shape index (κ3) is 2.36. The second kappa shape index (κ2) is 4.67. The summed E-state index contributed by atoms with van der Waals surface area (Å²) < 4.78 is 22.6. The summed E-state index contributed by atoms with van der Waals surface area (Å²) in [6.45, 7) is 0. The van der Waals surface area contributed by atoms with E-state index in [0.717, 1.165) is 0 Å². The molecule has 1 heterocycles. The molecule has 0 unspecified atom stereocenters. The summed E-state index contributed by atoms with van der Waals surface area (Å²) in [5.74, 6) is -0.741. The van der Waals surface area contributed by atoms with Gasteiger partial charge >= 0.3 is 5.97 Å². The van der Waals surface area contributed by atoms with E-state index in [-0.39, 0.29) is 22.1 Å². The number of esters is 1. The Morgan fingerprint density at radius 3 is 2.65 bits per heavy atom. The van der Waals surface area contributed by atoms with Crippen molar-refractivity contribution >= 4 is 21.9 Å². The minimum Gasteiger partial charge on any atom is -0.464 e. The molecule has 0 radical (unpaired) electrons. The molecule has 0 bridgehead atoms. The molecular weight excluding hydrogens is 293 g/mol. The van der Waals surface area contributed by atoms with Crippen molar-refractivity contribution in [1.82, 2.24) is 4.98 Å². The Hall–Kier alpha value is -1.69. The number of carbonyl (C=O) groups excluding carboxylic acids is 1. The maximum absolute atomic E-state index is 12.8. The molecule has 0 saturated carbocycles. The van der Waals surface area contributed by atoms with Crippen LogP contribution in [0.3, 0.4) is 0 Å². The summed E-state index contributed by atoms with van der Waals surface area (Å²) in [6, 6.07) is 5.53. The Bertz CT molecular complexity index is 550. The van der Waals surface area contributed by atoms with Gasteiger partial charge in [-0.2, -0.15) is 4.98 Å². The van der Waals surface area contributed by atoms with Crippen LogP contribution in [-0.4, -0.2) is 18.1 Å². The van der Waals surface area contributed by atoms with Crippen molar-refractivity contribution < 1.29 is 18.3 Å². The molecule has 0 aliphatic heterocycles. The van der Waals surface area contributed by atoms with Crippen LogP contribution in [0.2, 0.25) is 0 Å². The van der Waals surface area contributed by atoms with Gasteiger partial charge in [-0.3, -0.25) is 0 Å². The molecule has 2 aromatic rings. The van der Waals surface area contributed by atoms with Gasteiger partial charge in [-0.05, 0) is 24.3 Å². The lowest BCUT2D eigenvalue weighted by Crippen LogP contribution is -2.03. The molecule has 2 rings (SSSR count). The van der Waals surface area contributed by atoms with E-state index in [1.807, 2.05) is 0 Å². The van der Waals surface area contributed by atoms with Crippen LogP contribution in [0.1, 0.15) is 10.5 Å². The molecule has 1 aromatic heterocycles. The normalized spacial score (nSPS) is 10.3. The van der Waals surface area contributed by atoms with Gasteiger partial charge in [-0.15, -0.1) is 0 Å². The van der Waals surface area contributed by atoms with Crippen LogP contribution in [-0.2, 0) is 4.74 Å². The summed E-state index contributed by atoms with van der Waals surface area (Å²) in [5.41, 5.74) is 0.594. The van der Waals surface area contributed by atoms with Crippen LogP contribution in [0, 0.1) is 5.82 Å². The maximum Gasteiger partial charge on any atom is 0.360 e. The summed E-state index contributed by atoms with van der Waals surface area (Å²) in [5, 5.41) is 0. The number of ether oxygens (including phenoxy) is 1. The highest BCUT2D eigenvalue weighted by molar-refractivity contribution is 9.10. The largest absolute Gasteiger partial charge is 0.464 e. The zero-order chi connectivity index (χ0) is 12.4. The minimum absolute atomic E-state index is 0.0472. The van der Waals surface area contributed by atoms with Gasteiger partial charge in [0.25, 0.3) is 4.80 Å². The van der Waals surface area contributed by atoms with Crippen molar-refractivity contribution in [3.63, 3.8) is 0 Å². The molecule has 0 amide bonds. The fourth-order valence-corrected chi connectivity index (χ4v) is 1.67. The van der Waals surface area contributed by atoms with Gasteiger partial charge in [0.1, 0.15) is 5.82 Å². The summed E-state index contributed by atoms with van der Waals surface area (Å²) >= 11 is 3.03. The monoisotopic (exact) mass is 299 g/mol. The Kier molecular flexibility index (Phi) is 3.23. The molecule has 88 valence electrons. The predicted molar refractivity (Wildman–Crippen MR) is 60.9 cm³/mol. The van der Waals surface area contributed by atoms with E-state index in [2.05, 4.69) is 25.7 Å². The highest BCUT2D eigenvalue weighted by atomic mass is 79.9. The second-order valence-electron chi connectivity index (χ2n) is 3.14. The number of hydrogen-bond donors (Lipinski definition) is 0. The number of hydrogen-bond acceptors (Lipinski definition) is 4. The molecule has 17 heavy (non-hydrogen) atoms. The van der Waals surface area contributed by atoms with Crippen LogP contribution in [0.4, 0.5) is 4.39 Å². The first kappa shape index (κ1) is 11.8. The number of oxazole rings is 1. The van der Waals surface area contributed by atoms with Gasteiger partial charge in [-0.1, -0.05) is 0 Å². The van der Waals surface area contributed by atoms with Crippen LogP contribution in [0.15, 0.2) is 33.5 Å². The number of halogens is 2. The van der Waals surface area contributed by atoms with Gasteiger partial charge in [0, 0.05) is 21.5 Å². The fraction of sp³-hybridized carbons (Fsp3) is 0.0909. The Labute approximate surface area is 105 Å². The number of nitrogens with zero attached hydrogens (tertiary/aromatic N) is 1. The Morgan fingerprint density at radius 1 is 1.41 bits per heavy atom. The Balaban J connectivity index is 2.51. The van der Waals surface area contributed by atoms with E-state index in [4.69, 9.17) is 4.42 Å². The summed E-state index contributed by atoms with van der Waals surface area (Å²) in [6.07, 6.45) is 0. The standard InChI is InChI=1S/C11H7BrFNO3/c1-16-10(15)8-9(17-11(12)14-8)6-2-4-7(13)5-3-6/h2-5H,1H3. The average Bonchev–Trinajstić information content (AvgIpc) is 2.71. The van der Waals surface area contributed by atoms with E-state index < -0.39 is 5.97 Å². The second-order valence-corrected chi connectivity index (χ2v) is 3.82. The smallest absolute Gasteiger partial charge is 0.360 e. The summed E-state index contributed by atoms with van der Waals surface area (Å²) in [7, 11) is 1.25. The third-order valence-electron chi connectivity index (χ3n) is 2.09. The van der Waals surface area contributed by atoms with E-state index in [9.17, 15) is 9.18 Å². The van der Waals surface area contributed by atoms with Crippen LogP contribution < -0.4 is 0 Å². The van der Waals surface area contributed by atoms with Crippen LogP contribution in [0.25, 0.3) is 11.3 Å². The van der Waals surface area contributed by atoms with Crippen molar-refractivity contribution in [2.45, 2.75) is 0 Å². The number of rotatable bonds is 2. The molecule has 0 saturated heterocycles. The predicted octanol–water partition coefficient (Wildman–Crippen LogP) is 3.03. The van der Waals surface area contributed by atoms with Crippen LogP contribution in [0.5, 0.6) is 0 Å². The number of carbonyl (C=O) groups is 1. The molecule has 0 fully saturated rings. The first-order valence-electron chi connectivity index (χ1n) is 4.62. The quantitative estimate of drug-likeness (QED) is 0.800. The highest BCUT2D eigenvalue weighted by Crippen LogP contribution is 2.27.